The predicted molar refractivity (Wildman–Crippen MR) is 127 cm³/mol. The zero-order chi connectivity index (χ0) is 24.7. The first-order valence-corrected chi connectivity index (χ1v) is 12.6. The second-order valence-corrected chi connectivity index (χ2v) is 11.0. The maximum Gasteiger partial charge on any atom is 0.325 e. The lowest BCUT2D eigenvalue weighted by Crippen LogP contribution is -2.44. The van der Waals surface area contributed by atoms with Crippen LogP contribution in [0.3, 0.4) is 0 Å². The zero-order valence-corrected chi connectivity index (χ0v) is 20.2. The number of nitrogens with zero attached hydrogens (tertiary/aromatic N) is 2. The topological polar surface area (TPSA) is 116 Å². The van der Waals surface area contributed by atoms with Crippen LogP contribution in [-0.2, 0) is 31.6 Å². The molecule has 1 fully saturated rings. The minimum Gasteiger partial charge on any atom is -0.324 e. The summed E-state index contributed by atoms with van der Waals surface area (Å²) in [5, 5.41) is 5.47. The third-order valence-electron chi connectivity index (χ3n) is 6.43. The van der Waals surface area contributed by atoms with Gasteiger partial charge < -0.3 is 10.6 Å². The first-order chi connectivity index (χ1) is 16.1. The Kier molecular flexibility index (Phi) is 6.22. The molecule has 0 unspecified atom stereocenters. The molecular formula is C24H28N4O5S. The molecule has 1 aliphatic carbocycles. The van der Waals surface area contributed by atoms with Gasteiger partial charge in [-0.2, -0.15) is 0 Å². The van der Waals surface area contributed by atoms with Crippen molar-refractivity contribution in [2.45, 2.75) is 43.0 Å². The Morgan fingerprint density at radius 1 is 1.15 bits per heavy atom. The molecule has 2 aromatic carbocycles. The molecule has 2 N–H and O–H groups in total. The quantitative estimate of drug-likeness (QED) is 0.632. The number of urea groups is 1. The SMILES string of the molecule is Cc1ccc(NC(=O)CN2C(=O)N[C@@]3(CCCCc4ccccc43)C2=O)cc1S(=O)(=O)N(C)C. The highest BCUT2D eigenvalue weighted by Gasteiger charge is 2.53. The van der Waals surface area contributed by atoms with E-state index in [9.17, 15) is 22.8 Å². The van der Waals surface area contributed by atoms with Gasteiger partial charge in [0.1, 0.15) is 12.1 Å². The van der Waals surface area contributed by atoms with Crippen molar-refractivity contribution in [3.63, 3.8) is 0 Å². The number of anilines is 1. The summed E-state index contributed by atoms with van der Waals surface area (Å²) in [7, 11) is -0.844. The minimum atomic E-state index is -3.70. The summed E-state index contributed by atoms with van der Waals surface area (Å²) in [6.07, 6.45) is 2.98. The van der Waals surface area contributed by atoms with E-state index in [-0.39, 0.29) is 10.6 Å². The zero-order valence-electron chi connectivity index (χ0n) is 19.4. The van der Waals surface area contributed by atoms with Gasteiger partial charge in [0.05, 0.1) is 4.90 Å². The van der Waals surface area contributed by atoms with E-state index in [2.05, 4.69) is 10.6 Å². The maximum absolute atomic E-state index is 13.5. The molecule has 0 bridgehead atoms. The molecule has 0 aromatic heterocycles. The summed E-state index contributed by atoms with van der Waals surface area (Å²) in [5.41, 5.74) is 1.44. The van der Waals surface area contributed by atoms with Crippen LogP contribution in [0.2, 0.25) is 0 Å². The van der Waals surface area contributed by atoms with Gasteiger partial charge in [-0.1, -0.05) is 30.3 Å². The van der Waals surface area contributed by atoms with Crippen molar-refractivity contribution in [1.29, 1.82) is 0 Å². The number of rotatable bonds is 5. The van der Waals surface area contributed by atoms with Crippen molar-refractivity contribution < 1.29 is 22.8 Å². The van der Waals surface area contributed by atoms with Crippen LogP contribution in [-0.4, -0.2) is 56.1 Å². The standard InChI is InChI=1S/C24H28N4O5S/c1-16-11-12-18(14-20(16)34(32,33)27(2)3)25-21(29)15-28-22(30)24(26-23(28)31)13-7-6-9-17-8-4-5-10-19(17)24/h4-5,8,10-12,14H,6-7,9,13,15H2,1-3H3,(H,25,29)(H,26,31)/t24-/m1/s1. The number of aryl methyl sites for hydroxylation is 2. The molecule has 1 atom stereocenters. The molecule has 4 rings (SSSR count). The highest BCUT2D eigenvalue weighted by Crippen LogP contribution is 2.39. The maximum atomic E-state index is 13.5. The van der Waals surface area contributed by atoms with Crippen LogP contribution in [0.5, 0.6) is 0 Å². The molecule has 2 aromatic rings. The molecule has 9 nitrogen and oxygen atoms in total. The fraction of sp³-hybridized carbons (Fsp3) is 0.375. The minimum absolute atomic E-state index is 0.0688. The van der Waals surface area contributed by atoms with Crippen molar-refractivity contribution in [2.24, 2.45) is 0 Å². The number of benzene rings is 2. The molecule has 34 heavy (non-hydrogen) atoms. The Balaban J connectivity index is 1.55. The van der Waals surface area contributed by atoms with Gasteiger partial charge in [-0.05, 0) is 61.4 Å². The molecule has 0 saturated carbocycles. The lowest BCUT2D eigenvalue weighted by Gasteiger charge is -2.27. The molecule has 1 saturated heterocycles. The number of carbonyl (C=O) groups is 3. The number of hydrogen-bond acceptors (Lipinski definition) is 5. The van der Waals surface area contributed by atoms with E-state index in [1.807, 2.05) is 24.3 Å². The number of carbonyl (C=O) groups excluding carboxylic acids is 3. The molecule has 2 aliphatic rings. The van der Waals surface area contributed by atoms with E-state index in [1.165, 1.54) is 20.2 Å². The Morgan fingerprint density at radius 3 is 2.62 bits per heavy atom. The Morgan fingerprint density at radius 2 is 1.88 bits per heavy atom. The largest absolute Gasteiger partial charge is 0.325 e. The van der Waals surface area contributed by atoms with Crippen molar-refractivity contribution in [3.8, 4) is 0 Å². The molecule has 4 amide bonds. The highest BCUT2D eigenvalue weighted by molar-refractivity contribution is 7.89. The number of amides is 4. The van der Waals surface area contributed by atoms with E-state index in [0.29, 0.717) is 12.0 Å². The van der Waals surface area contributed by atoms with Gasteiger partial charge in [-0.15, -0.1) is 0 Å². The summed E-state index contributed by atoms with van der Waals surface area (Å²) in [6.45, 7) is 1.19. The van der Waals surface area contributed by atoms with Gasteiger partial charge in [0, 0.05) is 19.8 Å². The van der Waals surface area contributed by atoms with Crippen LogP contribution < -0.4 is 10.6 Å². The van der Waals surface area contributed by atoms with E-state index in [0.717, 1.165) is 39.6 Å². The van der Waals surface area contributed by atoms with E-state index < -0.39 is 40.0 Å². The van der Waals surface area contributed by atoms with Crippen molar-refractivity contribution in [1.82, 2.24) is 14.5 Å². The van der Waals surface area contributed by atoms with Crippen molar-refractivity contribution in [3.05, 3.63) is 59.2 Å². The third kappa shape index (κ3) is 4.07. The average molecular weight is 485 g/mol. The molecule has 0 radical (unpaired) electrons. The van der Waals surface area contributed by atoms with Crippen LogP contribution in [0.25, 0.3) is 0 Å². The van der Waals surface area contributed by atoms with Gasteiger partial charge >= 0.3 is 6.03 Å². The fourth-order valence-electron chi connectivity index (χ4n) is 4.61. The Bertz CT molecular complexity index is 1270. The second-order valence-electron chi connectivity index (χ2n) is 8.91. The van der Waals surface area contributed by atoms with Crippen LogP contribution in [0.4, 0.5) is 10.5 Å². The molecule has 10 heteroatoms. The third-order valence-corrected chi connectivity index (χ3v) is 8.39. The number of hydrogen-bond donors (Lipinski definition) is 2. The van der Waals surface area contributed by atoms with Crippen molar-refractivity contribution >= 4 is 33.6 Å². The van der Waals surface area contributed by atoms with Crippen LogP contribution in [0.1, 0.15) is 36.0 Å². The lowest BCUT2D eigenvalue weighted by atomic mass is 9.84. The summed E-state index contributed by atoms with van der Waals surface area (Å²) in [6, 6.07) is 11.5. The Hall–Kier alpha value is -3.24. The van der Waals surface area contributed by atoms with Gasteiger partial charge in [0.2, 0.25) is 15.9 Å². The Labute approximate surface area is 199 Å². The van der Waals surface area contributed by atoms with Gasteiger partial charge in [-0.3, -0.25) is 14.5 Å². The number of nitrogens with one attached hydrogen (secondary N) is 2. The predicted octanol–water partition coefficient (Wildman–Crippen LogP) is 2.36. The van der Waals surface area contributed by atoms with Crippen LogP contribution in [0.15, 0.2) is 47.4 Å². The normalized spacial score (nSPS) is 20.3. The summed E-state index contributed by atoms with van der Waals surface area (Å²) in [4.78, 5) is 40.1. The first kappa shape index (κ1) is 23.9. The van der Waals surface area contributed by atoms with Gasteiger partial charge in [0.25, 0.3) is 5.91 Å². The summed E-state index contributed by atoms with van der Waals surface area (Å²) < 4.78 is 26.2. The molecule has 180 valence electrons. The fourth-order valence-corrected chi connectivity index (χ4v) is 5.76. The van der Waals surface area contributed by atoms with Crippen LogP contribution >= 0.6 is 0 Å². The number of sulfonamides is 1. The van der Waals surface area contributed by atoms with Crippen LogP contribution in [0, 0.1) is 6.92 Å². The number of fused-ring (bicyclic) bond motifs is 2. The highest BCUT2D eigenvalue weighted by atomic mass is 32.2. The molecule has 1 spiro atoms. The average Bonchev–Trinajstić information content (AvgIpc) is 2.92. The molecular weight excluding hydrogens is 456 g/mol. The van der Waals surface area contributed by atoms with Gasteiger partial charge in [0.15, 0.2) is 0 Å². The summed E-state index contributed by atoms with van der Waals surface area (Å²) in [5.74, 6) is -1.04. The monoisotopic (exact) mass is 484 g/mol. The van der Waals surface area contributed by atoms with E-state index in [4.69, 9.17) is 0 Å². The molecule has 1 aliphatic heterocycles. The van der Waals surface area contributed by atoms with Gasteiger partial charge in [-0.25, -0.2) is 17.5 Å². The smallest absolute Gasteiger partial charge is 0.324 e. The van der Waals surface area contributed by atoms with E-state index >= 15 is 0 Å². The lowest BCUT2D eigenvalue weighted by molar-refractivity contribution is -0.134. The second kappa shape index (κ2) is 8.84. The molecule has 1 heterocycles. The van der Waals surface area contributed by atoms with E-state index in [1.54, 1.807) is 19.1 Å². The van der Waals surface area contributed by atoms with Crippen molar-refractivity contribution in [2.75, 3.05) is 26.0 Å². The summed E-state index contributed by atoms with van der Waals surface area (Å²) >= 11 is 0. The first-order valence-electron chi connectivity index (χ1n) is 11.1. The number of imide groups is 1.